The molecule has 1 fully saturated rings. The number of ether oxygens (including phenoxy) is 1. The Labute approximate surface area is 226 Å². The highest BCUT2D eigenvalue weighted by atomic mass is 19.1. The number of nitrogens with zero attached hydrogens (tertiary/aromatic N) is 6. The van der Waals surface area contributed by atoms with Gasteiger partial charge in [-0.25, -0.2) is 23.5 Å². The molecule has 1 saturated carbocycles. The van der Waals surface area contributed by atoms with Gasteiger partial charge in [0.2, 0.25) is 0 Å². The van der Waals surface area contributed by atoms with Gasteiger partial charge in [0.25, 0.3) is 11.5 Å². The molecule has 2 N–H and O–H groups in total. The van der Waals surface area contributed by atoms with E-state index in [-0.39, 0.29) is 40.8 Å². The molecule has 0 aromatic carbocycles. The minimum Gasteiger partial charge on any atom is -0.443 e. The fourth-order valence-electron chi connectivity index (χ4n) is 3.84. The molecule has 2 unspecified atom stereocenters. The second-order valence-electron chi connectivity index (χ2n) is 10.2. The first-order chi connectivity index (χ1) is 18.9. The van der Waals surface area contributed by atoms with Gasteiger partial charge in [-0.05, 0) is 45.0 Å². The minimum atomic E-state index is -1.12. The largest absolute Gasteiger partial charge is 0.443 e. The van der Waals surface area contributed by atoms with Gasteiger partial charge in [0, 0.05) is 31.9 Å². The standard InChI is InChI=1S/C26H26F2N8O4/c1-26(2,3)40-25(39)34(4)20-12-19(33-21-14(13-30-36(20)21)23(37)32-18-11-16(18)28)31-17-8-6-10-35(24(17)38)22-15(27)7-5-9-29-22/h5-10,12-13,16,18H,11H2,1-4H3,(H,31,33)(H,32,37). The summed E-state index contributed by atoms with van der Waals surface area (Å²) >= 11 is 0. The highest BCUT2D eigenvalue weighted by Gasteiger charge is 2.39. The molecule has 4 aromatic rings. The number of rotatable bonds is 6. The minimum absolute atomic E-state index is 0.0130. The van der Waals surface area contributed by atoms with Crippen molar-refractivity contribution < 1.29 is 23.1 Å². The molecule has 1 aliphatic rings. The third kappa shape index (κ3) is 5.32. The molecule has 0 saturated heterocycles. The Bertz CT molecular complexity index is 1680. The molecule has 1 aliphatic carbocycles. The first-order valence-electron chi connectivity index (χ1n) is 12.3. The van der Waals surface area contributed by atoms with Gasteiger partial charge in [0.15, 0.2) is 17.3 Å². The molecule has 40 heavy (non-hydrogen) atoms. The van der Waals surface area contributed by atoms with E-state index in [1.807, 2.05) is 0 Å². The number of aromatic nitrogens is 5. The zero-order valence-electron chi connectivity index (χ0n) is 22.1. The van der Waals surface area contributed by atoms with Gasteiger partial charge >= 0.3 is 6.09 Å². The van der Waals surface area contributed by atoms with Crippen LogP contribution in [0.25, 0.3) is 11.5 Å². The van der Waals surface area contributed by atoms with Gasteiger partial charge in [0.05, 0.1) is 12.2 Å². The van der Waals surface area contributed by atoms with Crippen LogP contribution in [0.2, 0.25) is 0 Å². The third-order valence-corrected chi connectivity index (χ3v) is 5.91. The smallest absolute Gasteiger partial charge is 0.415 e. The average molecular weight is 553 g/mol. The van der Waals surface area contributed by atoms with E-state index in [1.54, 1.807) is 20.8 Å². The molecular weight excluding hydrogens is 526 g/mol. The number of amides is 2. The Morgan fingerprint density at radius 2 is 1.98 bits per heavy atom. The van der Waals surface area contributed by atoms with Gasteiger partial charge in [-0.15, -0.1) is 0 Å². The second-order valence-corrected chi connectivity index (χ2v) is 10.2. The number of alkyl halides is 1. The van der Waals surface area contributed by atoms with Gasteiger partial charge in [0.1, 0.15) is 34.7 Å². The average Bonchev–Trinajstić information content (AvgIpc) is 3.40. The lowest BCUT2D eigenvalue weighted by molar-refractivity contribution is 0.0587. The maximum Gasteiger partial charge on any atom is 0.415 e. The van der Waals surface area contributed by atoms with Crippen LogP contribution in [0.3, 0.4) is 0 Å². The Morgan fingerprint density at radius 1 is 1.23 bits per heavy atom. The number of fused-ring (bicyclic) bond motifs is 1. The van der Waals surface area contributed by atoms with Crippen LogP contribution in [0.5, 0.6) is 0 Å². The van der Waals surface area contributed by atoms with E-state index in [2.05, 4.69) is 25.7 Å². The van der Waals surface area contributed by atoms with Crippen molar-refractivity contribution >= 4 is 35.0 Å². The van der Waals surface area contributed by atoms with E-state index in [4.69, 9.17) is 4.74 Å². The maximum atomic E-state index is 14.4. The molecule has 4 aromatic heterocycles. The molecule has 0 aliphatic heterocycles. The predicted molar refractivity (Wildman–Crippen MR) is 141 cm³/mol. The van der Waals surface area contributed by atoms with Crippen LogP contribution in [0.1, 0.15) is 37.6 Å². The lowest BCUT2D eigenvalue weighted by atomic mass is 10.2. The quantitative estimate of drug-likeness (QED) is 0.372. The predicted octanol–water partition coefficient (Wildman–Crippen LogP) is 3.37. The Morgan fingerprint density at radius 3 is 2.65 bits per heavy atom. The van der Waals surface area contributed by atoms with E-state index in [0.717, 1.165) is 4.57 Å². The summed E-state index contributed by atoms with van der Waals surface area (Å²) in [5.74, 6) is -1.25. The number of carbonyl (C=O) groups excluding carboxylic acids is 2. The summed E-state index contributed by atoms with van der Waals surface area (Å²) in [6.45, 7) is 5.14. The monoisotopic (exact) mass is 552 g/mol. The van der Waals surface area contributed by atoms with Crippen molar-refractivity contribution in [3.8, 4) is 5.82 Å². The summed E-state index contributed by atoms with van der Waals surface area (Å²) < 4.78 is 35.5. The number of halogens is 2. The molecule has 208 valence electrons. The fourth-order valence-corrected chi connectivity index (χ4v) is 3.84. The lowest BCUT2D eigenvalue weighted by Gasteiger charge is -2.25. The second kappa shape index (κ2) is 10.0. The van der Waals surface area contributed by atoms with Crippen LogP contribution in [0, 0.1) is 5.82 Å². The van der Waals surface area contributed by atoms with E-state index < -0.39 is 41.2 Å². The van der Waals surface area contributed by atoms with E-state index in [1.165, 1.54) is 65.4 Å². The molecular formula is C26H26F2N8O4. The zero-order valence-corrected chi connectivity index (χ0v) is 22.1. The number of carbonyl (C=O) groups is 2. The van der Waals surface area contributed by atoms with Crippen LogP contribution in [-0.2, 0) is 4.74 Å². The van der Waals surface area contributed by atoms with Gasteiger partial charge in [-0.1, -0.05) is 0 Å². The summed E-state index contributed by atoms with van der Waals surface area (Å²) in [6, 6.07) is 6.41. The van der Waals surface area contributed by atoms with Crippen molar-refractivity contribution in [1.29, 1.82) is 0 Å². The molecule has 0 bridgehead atoms. The molecule has 14 heteroatoms. The van der Waals surface area contributed by atoms with Crippen LogP contribution in [-0.4, -0.2) is 61.0 Å². The molecule has 2 atom stereocenters. The molecule has 0 radical (unpaired) electrons. The Kier molecular flexibility index (Phi) is 6.69. The molecule has 0 spiro atoms. The Hall–Kier alpha value is -4.88. The van der Waals surface area contributed by atoms with Crippen molar-refractivity contribution in [3.63, 3.8) is 0 Å². The van der Waals surface area contributed by atoms with Gasteiger partial charge in [-0.2, -0.15) is 9.61 Å². The van der Waals surface area contributed by atoms with Crippen LogP contribution in [0.15, 0.2) is 53.7 Å². The van der Waals surface area contributed by atoms with E-state index in [9.17, 15) is 23.2 Å². The third-order valence-electron chi connectivity index (χ3n) is 5.91. The summed E-state index contributed by atoms with van der Waals surface area (Å²) in [7, 11) is 1.45. The molecule has 5 rings (SSSR count). The van der Waals surface area contributed by atoms with E-state index >= 15 is 0 Å². The van der Waals surface area contributed by atoms with Gasteiger partial charge in [-0.3, -0.25) is 19.1 Å². The van der Waals surface area contributed by atoms with Gasteiger partial charge < -0.3 is 15.4 Å². The van der Waals surface area contributed by atoms with Crippen molar-refractivity contribution in [3.05, 3.63) is 70.7 Å². The maximum absolute atomic E-state index is 14.4. The van der Waals surface area contributed by atoms with E-state index in [0.29, 0.717) is 0 Å². The number of anilines is 3. The van der Waals surface area contributed by atoms with Crippen LogP contribution in [0.4, 0.5) is 30.9 Å². The number of hydrogen-bond acceptors (Lipinski definition) is 8. The fraction of sp³-hybridized carbons (Fsp3) is 0.308. The first kappa shape index (κ1) is 26.7. The molecule has 12 nitrogen and oxygen atoms in total. The highest BCUT2D eigenvalue weighted by Crippen LogP contribution is 2.27. The summed E-state index contributed by atoms with van der Waals surface area (Å²) in [5.41, 5.74) is -1.34. The molecule has 4 heterocycles. The molecule has 2 amide bonds. The normalized spacial score (nSPS) is 16.4. The first-order valence-corrected chi connectivity index (χ1v) is 12.3. The Balaban J connectivity index is 1.58. The lowest BCUT2D eigenvalue weighted by Crippen LogP contribution is -2.35. The van der Waals surface area contributed by atoms with Crippen molar-refractivity contribution in [2.24, 2.45) is 0 Å². The van der Waals surface area contributed by atoms with Crippen molar-refractivity contribution in [2.45, 2.75) is 45.0 Å². The van der Waals surface area contributed by atoms with Crippen molar-refractivity contribution in [2.75, 3.05) is 17.3 Å². The van der Waals surface area contributed by atoms with Crippen LogP contribution >= 0.6 is 0 Å². The highest BCUT2D eigenvalue weighted by molar-refractivity contribution is 6.01. The van der Waals surface area contributed by atoms with Crippen molar-refractivity contribution in [1.82, 2.24) is 29.5 Å². The summed E-state index contributed by atoms with van der Waals surface area (Å²) in [4.78, 5) is 48.6. The number of pyridine rings is 2. The SMILES string of the molecule is CN(C(=O)OC(C)(C)C)c1cc(Nc2cccn(-c3ncccc3F)c2=O)nc2c(C(=O)NC3CC3F)cnn12. The summed E-state index contributed by atoms with van der Waals surface area (Å²) in [5, 5.41) is 9.69. The zero-order chi connectivity index (χ0) is 28.8. The van der Waals surface area contributed by atoms with Crippen LogP contribution < -0.4 is 21.1 Å². The summed E-state index contributed by atoms with van der Waals surface area (Å²) in [6.07, 6.45) is 2.37. The topological polar surface area (TPSA) is 136 Å². The number of nitrogens with one attached hydrogen (secondary N) is 2. The number of hydrogen-bond donors (Lipinski definition) is 2.